The van der Waals surface area contributed by atoms with Crippen LogP contribution in [0.1, 0.15) is 46.2 Å². The van der Waals surface area contributed by atoms with Gasteiger partial charge in [0.1, 0.15) is 5.69 Å². The Balaban J connectivity index is 1.39. The summed E-state index contributed by atoms with van der Waals surface area (Å²) in [6, 6.07) is 11.8. The lowest BCUT2D eigenvalue weighted by molar-refractivity contribution is -0.142. The Kier molecular flexibility index (Phi) is 4.83. The summed E-state index contributed by atoms with van der Waals surface area (Å²) in [7, 11) is 0. The molecule has 9 heteroatoms. The van der Waals surface area contributed by atoms with E-state index >= 15 is 0 Å². The largest absolute Gasteiger partial charge is 0.433 e. The van der Waals surface area contributed by atoms with Crippen LogP contribution < -0.4 is 0 Å². The standard InChI is InChI=1S/C23H20F3N5O/c1-14-12-21-28-19(13-20(23(24,25)26)31(21)29-14)15-7-10-30(11-8-15)22(32)17-4-2-6-18-16(17)5-3-9-27-18/h2-6,9,12-13,15H,7-8,10-11H2,1H3. The molecule has 4 heterocycles. The molecule has 0 saturated carbocycles. The van der Waals surface area contributed by atoms with Gasteiger partial charge >= 0.3 is 6.18 Å². The fraction of sp³-hybridized carbons (Fsp3) is 0.304. The van der Waals surface area contributed by atoms with Crippen molar-refractivity contribution in [2.75, 3.05) is 13.1 Å². The van der Waals surface area contributed by atoms with Gasteiger partial charge in [0.05, 0.1) is 11.2 Å². The van der Waals surface area contributed by atoms with Crippen molar-refractivity contribution in [3.8, 4) is 0 Å². The molecule has 1 saturated heterocycles. The number of fused-ring (bicyclic) bond motifs is 2. The quantitative estimate of drug-likeness (QED) is 0.457. The monoisotopic (exact) mass is 439 g/mol. The van der Waals surface area contributed by atoms with Crippen molar-refractivity contribution in [3.05, 3.63) is 71.3 Å². The number of aryl methyl sites for hydroxylation is 1. The Morgan fingerprint density at radius 1 is 1.09 bits per heavy atom. The number of halogens is 3. The minimum Gasteiger partial charge on any atom is -0.339 e. The number of aromatic nitrogens is 4. The van der Waals surface area contributed by atoms with Gasteiger partial charge in [0.15, 0.2) is 5.65 Å². The third-order valence-electron chi connectivity index (χ3n) is 5.94. The topological polar surface area (TPSA) is 63.4 Å². The van der Waals surface area contributed by atoms with Gasteiger partial charge in [-0.3, -0.25) is 9.78 Å². The lowest BCUT2D eigenvalue weighted by atomic mass is 9.92. The molecule has 0 unspecified atom stereocenters. The third-order valence-corrected chi connectivity index (χ3v) is 5.94. The number of piperidine rings is 1. The molecule has 1 amide bonds. The van der Waals surface area contributed by atoms with Crippen LogP contribution in [0.3, 0.4) is 0 Å². The highest BCUT2D eigenvalue weighted by molar-refractivity contribution is 6.06. The highest BCUT2D eigenvalue weighted by Crippen LogP contribution is 2.34. The Hall–Kier alpha value is -3.49. The number of pyridine rings is 1. The molecule has 0 bridgehead atoms. The molecule has 0 N–H and O–H groups in total. The summed E-state index contributed by atoms with van der Waals surface area (Å²) < 4.78 is 41.7. The van der Waals surface area contributed by atoms with Gasteiger partial charge < -0.3 is 4.90 Å². The van der Waals surface area contributed by atoms with E-state index in [0.29, 0.717) is 42.9 Å². The van der Waals surface area contributed by atoms with Crippen molar-refractivity contribution in [3.63, 3.8) is 0 Å². The zero-order chi connectivity index (χ0) is 22.5. The van der Waals surface area contributed by atoms with Crippen LogP contribution in [0.25, 0.3) is 16.6 Å². The molecule has 0 aliphatic carbocycles. The van der Waals surface area contributed by atoms with E-state index in [0.717, 1.165) is 21.5 Å². The number of hydrogen-bond donors (Lipinski definition) is 0. The summed E-state index contributed by atoms with van der Waals surface area (Å²) in [5.41, 5.74) is 1.57. The third kappa shape index (κ3) is 3.57. The van der Waals surface area contributed by atoms with Gasteiger partial charge in [0, 0.05) is 47.9 Å². The van der Waals surface area contributed by atoms with Crippen LogP contribution in [0.5, 0.6) is 0 Å². The lowest BCUT2D eigenvalue weighted by Gasteiger charge is -2.32. The fourth-order valence-electron chi connectivity index (χ4n) is 4.36. The van der Waals surface area contributed by atoms with Crippen LogP contribution in [-0.4, -0.2) is 43.5 Å². The second-order valence-electron chi connectivity index (χ2n) is 8.06. The summed E-state index contributed by atoms with van der Waals surface area (Å²) in [6.45, 7) is 2.54. The number of hydrogen-bond acceptors (Lipinski definition) is 4. The number of amides is 1. The lowest BCUT2D eigenvalue weighted by Crippen LogP contribution is -2.38. The molecule has 1 aliphatic rings. The summed E-state index contributed by atoms with van der Waals surface area (Å²) in [5.74, 6) is -0.248. The number of benzene rings is 1. The Morgan fingerprint density at radius 3 is 2.62 bits per heavy atom. The van der Waals surface area contributed by atoms with E-state index in [1.165, 1.54) is 0 Å². The molecular weight excluding hydrogens is 419 g/mol. The van der Waals surface area contributed by atoms with Crippen LogP contribution in [0.15, 0.2) is 48.7 Å². The maximum Gasteiger partial charge on any atom is 0.433 e. The van der Waals surface area contributed by atoms with Crippen molar-refractivity contribution in [1.82, 2.24) is 24.5 Å². The van der Waals surface area contributed by atoms with Gasteiger partial charge in [0.25, 0.3) is 5.91 Å². The fourth-order valence-corrected chi connectivity index (χ4v) is 4.36. The van der Waals surface area contributed by atoms with Gasteiger partial charge in [-0.05, 0) is 44.0 Å². The van der Waals surface area contributed by atoms with E-state index in [9.17, 15) is 18.0 Å². The molecule has 0 radical (unpaired) electrons. The summed E-state index contributed by atoms with van der Waals surface area (Å²) in [4.78, 5) is 23.6. The molecule has 4 aromatic rings. The van der Waals surface area contributed by atoms with Crippen molar-refractivity contribution < 1.29 is 18.0 Å². The molecule has 0 atom stereocenters. The van der Waals surface area contributed by atoms with E-state index in [1.54, 1.807) is 42.3 Å². The van der Waals surface area contributed by atoms with Crippen molar-refractivity contribution in [1.29, 1.82) is 0 Å². The highest BCUT2D eigenvalue weighted by Gasteiger charge is 2.36. The smallest absolute Gasteiger partial charge is 0.339 e. The molecule has 32 heavy (non-hydrogen) atoms. The summed E-state index contributed by atoms with van der Waals surface area (Å²) in [5, 5.41) is 4.73. The number of carbonyl (C=O) groups is 1. The van der Waals surface area contributed by atoms with Gasteiger partial charge in [-0.15, -0.1) is 0 Å². The minimum atomic E-state index is -4.53. The number of alkyl halides is 3. The predicted octanol–water partition coefficient (Wildman–Crippen LogP) is 4.62. The van der Waals surface area contributed by atoms with Gasteiger partial charge in [-0.25, -0.2) is 9.50 Å². The molecule has 0 spiro atoms. The van der Waals surface area contributed by atoms with Gasteiger partial charge in [-0.1, -0.05) is 12.1 Å². The minimum absolute atomic E-state index is 0.0899. The average molecular weight is 439 g/mol. The first kappa shape index (κ1) is 20.4. The first-order chi connectivity index (χ1) is 15.3. The molecule has 5 rings (SSSR count). The first-order valence-electron chi connectivity index (χ1n) is 10.4. The number of nitrogens with zero attached hydrogens (tertiary/aromatic N) is 5. The molecule has 164 valence electrons. The van der Waals surface area contributed by atoms with Crippen LogP contribution in [0.2, 0.25) is 0 Å². The maximum absolute atomic E-state index is 13.6. The van der Waals surface area contributed by atoms with Crippen molar-refractivity contribution in [2.45, 2.75) is 31.9 Å². The first-order valence-corrected chi connectivity index (χ1v) is 10.4. The Morgan fingerprint density at radius 2 is 1.88 bits per heavy atom. The molecule has 1 aromatic carbocycles. The molecule has 1 fully saturated rings. The second-order valence-corrected chi connectivity index (χ2v) is 8.06. The highest BCUT2D eigenvalue weighted by atomic mass is 19.4. The van der Waals surface area contributed by atoms with E-state index in [1.807, 2.05) is 12.1 Å². The van der Waals surface area contributed by atoms with E-state index < -0.39 is 11.9 Å². The SMILES string of the molecule is Cc1cc2nc(C3CCN(C(=O)c4cccc5ncccc45)CC3)cc(C(F)(F)F)n2n1. The zero-order valence-corrected chi connectivity index (χ0v) is 17.3. The summed E-state index contributed by atoms with van der Waals surface area (Å²) >= 11 is 0. The molecule has 3 aromatic heterocycles. The Labute approximate surface area is 181 Å². The summed E-state index contributed by atoms with van der Waals surface area (Å²) in [6.07, 6.45) is -1.76. The normalized spacial score (nSPS) is 15.6. The number of likely N-dealkylation sites (tertiary alicyclic amines) is 1. The van der Waals surface area contributed by atoms with Crippen molar-refractivity contribution >= 4 is 22.5 Å². The predicted molar refractivity (Wildman–Crippen MR) is 112 cm³/mol. The second kappa shape index (κ2) is 7.58. The average Bonchev–Trinajstić information content (AvgIpc) is 3.17. The van der Waals surface area contributed by atoms with Crippen molar-refractivity contribution in [2.24, 2.45) is 0 Å². The number of rotatable bonds is 2. The van der Waals surface area contributed by atoms with E-state index in [4.69, 9.17) is 0 Å². The zero-order valence-electron chi connectivity index (χ0n) is 17.3. The van der Waals surface area contributed by atoms with Crippen LogP contribution in [0.4, 0.5) is 13.2 Å². The van der Waals surface area contributed by atoms with Crippen LogP contribution in [-0.2, 0) is 6.18 Å². The van der Waals surface area contributed by atoms with Gasteiger partial charge in [-0.2, -0.15) is 18.3 Å². The Bertz CT molecular complexity index is 1320. The number of carbonyl (C=O) groups excluding carboxylic acids is 1. The van der Waals surface area contributed by atoms with Crippen LogP contribution >= 0.6 is 0 Å². The van der Waals surface area contributed by atoms with Crippen LogP contribution in [0, 0.1) is 6.92 Å². The molecule has 6 nitrogen and oxygen atoms in total. The molecular formula is C23H20F3N5O. The van der Waals surface area contributed by atoms with Gasteiger partial charge in [0.2, 0.25) is 0 Å². The van der Waals surface area contributed by atoms with E-state index in [-0.39, 0.29) is 17.5 Å². The van der Waals surface area contributed by atoms with E-state index in [2.05, 4.69) is 15.1 Å². The maximum atomic E-state index is 13.6. The molecule has 1 aliphatic heterocycles.